The first-order valence-corrected chi connectivity index (χ1v) is 16.7. The quantitative estimate of drug-likeness (QED) is 0.0501. The van der Waals surface area contributed by atoms with Crippen LogP contribution in [-0.2, 0) is 28.5 Å². The van der Waals surface area contributed by atoms with Gasteiger partial charge in [0, 0.05) is 26.2 Å². The summed E-state index contributed by atoms with van der Waals surface area (Å²) in [5, 5.41) is 12.5. The number of hydrazine groups is 1. The topological polar surface area (TPSA) is 278 Å². The minimum atomic E-state index is -0.645. The van der Waals surface area contributed by atoms with Crippen LogP contribution in [-0.4, -0.2) is 99.0 Å². The van der Waals surface area contributed by atoms with Crippen LogP contribution in [0.3, 0.4) is 0 Å². The fourth-order valence-electron chi connectivity index (χ4n) is 3.50. The molecule has 0 radical (unpaired) electrons. The second-order valence-electron chi connectivity index (χ2n) is 12.6. The Balaban J connectivity index is 0.000000449. The summed E-state index contributed by atoms with van der Waals surface area (Å²) in [6.45, 7) is 16.7. The highest BCUT2D eigenvalue weighted by atomic mass is 16.6. The number of ether oxygens (including phenoxy) is 5. The summed E-state index contributed by atoms with van der Waals surface area (Å²) >= 11 is 0. The molecule has 0 saturated heterocycles. The number of anilines is 4. The van der Waals surface area contributed by atoms with Crippen molar-refractivity contribution in [2.24, 2.45) is 5.84 Å². The highest BCUT2D eigenvalue weighted by molar-refractivity contribution is 5.94. The van der Waals surface area contributed by atoms with Gasteiger partial charge in [0.1, 0.15) is 65.0 Å². The molecular weight excluding hydrogens is 720 g/mol. The van der Waals surface area contributed by atoms with Crippen LogP contribution >= 0.6 is 0 Å². The minimum absolute atomic E-state index is 0.0769. The molecule has 0 spiro atoms. The number of carbonyl (C=O) groups excluding carboxylic acids is 4. The molecule has 0 fully saturated rings. The van der Waals surface area contributed by atoms with E-state index in [0.717, 1.165) is 6.26 Å². The van der Waals surface area contributed by atoms with Gasteiger partial charge in [0.05, 0.1) is 26.0 Å². The Morgan fingerprint density at radius 3 is 1.85 bits per heavy atom. The molecule has 0 aliphatic heterocycles. The van der Waals surface area contributed by atoms with E-state index in [4.69, 9.17) is 35.8 Å². The molecule has 3 aromatic rings. The second-order valence-corrected chi connectivity index (χ2v) is 12.6. The van der Waals surface area contributed by atoms with E-state index in [-0.39, 0.29) is 36.0 Å². The standard InChI is InChI=1S/C16H22N6O4.C10H17N5O2.C8H11NO3/c1-6-25-14(23)10-8-20-22(13(10)17)12-7-11(18-9-19-12)21(5)15(24)26-16(2,3)4;1-10(2,3)17-9(16)15(4)8-5-7(14-11)12-6-13-8;1-3-11-6-7(5-9)8(10)12-4-2/h7-9H,6,17H2,1-5H3;5-6H,11H2,1-4H3,(H,12,13,14);6H,3-4H2,1-2H3/b;;7-6-. The van der Waals surface area contributed by atoms with Crippen molar-refractivity contribution >= 4 is 47.4 Å². The molecule has 3 rings (SSSR count). The molecule has 0 aliphatic rings. The fourth-order valence-corrected chi connectivity index (χ4v) is 3.50. The van der Waals surface area contributed by atoms with Crippen molar-refractivity contribution in [2.45, 2.75) is 73.5 Å². The number of aromatic nitrogens is 6. The molecule has 0 saturated carbocycles. The maximum Gasteiger partial charge on any atom is 0.415 e. The highest BCUT2D eigenvalue weighted by Gasteiger charge is 2.24. The number of hydrogen-bond donors (Lipinski definition) is 3. The van der Waals surface area contributed by atoms with Gasteiger partial charge in [-0.3, -0.25) is 9.80 Å². The molecule has 3 heterocycles. The molecule has 0 aliphatic carbocycles. The minimum Gasteiger partial charge on any atom is -0.500 e. The van der Waals surface area contributed by atoms with Gasteiger partial charge in [-0.2, -0.15) is 15.0 Å². The Hall–Kier alpha value is -6.56. The van der Waals surface area contributed by atoms with Crippen LogP contribution in [0.15, 0.2) is 42.8 Å². The molecule has 5 N–H and O–H groups in total. The molecular formula is C34H50N12O9. The Morgan fingerprint density at radius 2 is 1.38 bits per heavy atom. The Morgan fingerprint density at radius 1 is 0.855 bits per heavy atom. The second kappa shape index (κ2) is 21.8. The summed E-state index contributed by atoms with van der Waals surface area (Å²) in [5.41, 5.74) is 7.18. The number of carbonyl (C=O) groups is 4. The van der Waals surface area contributed by atoms with Crippen LogP contribution in [0, 0.1) is 11.3 Å². The number of nitrogens with one attached hydrogen (secondary N) is 1. The predicted octanol–water partition coefficient (Wildman–Crippen LogP) is 3.92. The van der Waals surface area contributed by atoms with Crippen molar-refractivity contribution in [3.8, 4) is 11.9 Å². The van der Waals surface area contributed by atoms with Crippen LogP contribution in [0.4, 0.5) is 32.9 Å². The third-order valence-electron chi connectivity index (χ3n) is 5.96. The first kappa shape index (κ1) is 46.5. The van der Waals surface area contributed by atoms with Crippen molar-refractivity contribution < 1.29 is 42.9 Å². The van der Waals surface area contributed by atoms with Crippen molar-refractivity contribution in [1.82, 2.24) is 29.7 Å². The SMILES string of the molecule is CCO/C=C(/C#N)C(=O)OCC.CCOC(=O)c1cnn(-c2cc(N(C)C(=O)OC(C)(C)C)ncn2)c1N.CN(C(=O)OC(C)(C)C)c1cc(NN)ncn1. The molecule has 2 amide bonds. The van der Waals surface area contributed by atoms with Gasteiger partial charge in [0.25, 0.3) is 0 Å². The fraction of sp³-hybridized carbons (Fsp3) is 0.471. The normalized spacial score (nSPS) is 10.9. The number of nitrogens with two attached hydrogens (primary N) is 2. The zero-order valence-corrected chi connectivity index (χ0v) is 32.9. The van der Waals surface area contributed by atoms with Gasteiger partial charge in [0.15, 0.2) is 11.4 Å². The predicted molar refractivity (Wildman–Crippen MR) is 201 cm³/mol. The van der Waals surface area contributed by atoms with Crippen LogP contribution in [0.25, 0.3) is 5.82 Å². The van der Waals surface area contributed by atoms with Gasteiger partial charge in [-0.1, -0.05) is 0 Å². The number of amides is 2. The third-order valence-corrected chi connectivity index (χ3v) is 5.96. The largest absolute Gasteiger partial charge is 0.500 e. The van der Waals surface area contributed by atoms with Crippen LogP contribution in [0.5, 0.6) is 0 Å². The van der Waals surface area contributed by atoms with E-state index in [2.05, 4.69) is 35.2 Å². The molecule has 0 bridgehead atoms. The number of nitriles is 1. The Labute approximate surface area is 319 Å². The Kier molecular flexibility index (Phi) is 18.5. The van der Waals surface area contributed by atoms with Crippen LogP contribution in [0.2, 0.25) is 0 Å². The zero-order chi connectivity index (χ0) is 41.9. The average Bonchev–Trinajstić information content (AvgIpc) is 3.51. The van der Waals surface area contributed by atoms with E-state index in [9.17, 15) is 19.2 Å². The summed E-state index contributed by atoms with van der Waals surface area (Å²) in [6.07, 6.45) is 3.93. The lowest BCUT2D eigenvalue weighted by Gasteiger charge is -2.24. The molecule has 0 unspecified atom stereocenters. The van der Waals surface area contributed by atoms with Gasteiger partial charge in [-0.05, 0) is 62.3 Å². The molecule has 3 aromatic heterocycles. The first-order chi connectivity index (χ1) is 25.7. The van der Waals surface area contributed by atoms with E-state index in [1.165, 1.54) is 46.4 Å². The van der Waals surface area contributed by atoms with Gasteiger partial charge >= 0.3 is 24.1 Å². The number of rotatable bonds is 10. The summed E-state index contributed by atoms with van der Waals surface area (Å²) < 4.78 is 26.0. The van der Waals surface area contributed by atoms with E-state index < -0.39 is 35.3 Å². The molecule has 0 atom stereocenters. The van der Waals surface area contributed by atoms with Crippen molar-refractivity contribution in [3.05, 3.63) is 48.4 Å². The zero-order valence-electron chi connectivity index (χ0n) is 32.9. The monoisotopic (exact) mass is 770 g/mol. The van der Waals surface area contributed by atoms with Gasteiger partial charge in [0.2, 0.25) is 0 Å². The summed E-state index contributed by atoms with van der Waals surface area (Å²) in [5.74, 6) is 5.49. The molecule has 300 valence electrons. The maximum atomic E-state index is 12.2. The summed E-state index contributed by atoms with van der Waals surface area (Å²) in [6, 6.07) is 4.73. The number of nitrogens with zero attached hydrogens (tertiary/aromatic N) is 9. The van der Waals surface area contributed by atoms with Gasteiger partial charge in [-0.15, -0.1) is 0 Å². The molecule has 21 heteroatoms. The molecule has 21 nitrogen and oxygen atoms in total. The average molecular weight is 771 g/mol. The van der Waals surface area contributed by atoms with Gasteiger partial charge in [-0.25, -0.2) is 45.0 Å². The summed E-state index contributed by atoms with van der Waals surface area (Å²) in [4.78, 5) is 65.1. The van der Waals surface area contributed by atoms with E-state index in [1.54, 1.807) is 81.5 Å². The first-order valence-electron chi connectivity index (χ1n) is 16.7. The van der Waals surface area contributed by atoms with Crippen LogP contribution < -0.4 is 26.8 Å². The Bertz CT molecular complexity index is 1810. The lowest BCUT2D eigenvalue weighted by molar-refractivity contribution is -0.138. The van der Waals surface area contributed by atoms with E-state index in [0.29, 0.717) is 24.1 Å². The molecule has 0 aromatic carbocycles. The van der Waals surface area contributed by atoms with Crippen LogP contribution in [0.1, 0.15) is 72.7 Å². The van der Waals surface area contributed by atoms with Gasteiger partial charge < -0.3 is 34.8 Å². The lowest BCUT2D eigenvalue weighted by Crippen LogP contribution is -2.34. The summed E-state index contributed by atoms with van der Waals surface area (Å²) in [7, 11) is 3.09. The lowest BCUT2D eigenvalue weighted by atomic mass is 10.2. The number of esters is 2. The van der Waals surface area contributed by atoms with Crippen molar-refractivity contribution in [1.29, 1.82) is 5.26 Å². The molecule has 55 heavy (non-hydrogen) atoms. The number of nitrogen functional groups attached to an aromatic ring is 2. The highest BCUT2D eigenvalue weighted by Crippen LogP contribution is 2.21. The number of hydrogen-bond acceptors (Lipinski definition) is 18. The maximum absolute atomic E-state index is 12.2. The van der Waals surface area contributed by atoms with Crippen molar-refractivity contribution in [3.63, 3.8) is 0 Å². The van der Waals surface area contributed by atoms with Crippen molar-refractivity contribution in [2.75, 3.05) is 54.9 Å². The van der Waals surface area contributed by atoms with E-state index >= 15 is 0 Å². The smallest absolute Gasteiger partial charge is 0.415 e. The third kappa shape index (κ3) is 15.9. The van der Waals surface area contributed by atoms with E-state index in [1.807, 2.05) is 0 Å².